The highest BCUT2D eigenvalue weighted by Gasteiger charge is 2.36. The summed E-state index contributed by atoms with van der Waals surface area (Å²) in [6, 6.07) is 0. The van der Waals surface area contributed by atoms with Crippen LogP contribution in [0, 0.1) is 23.7 Å². The lowest BCUT2D eigenvalue weighted by Gasteiger charge is -2.33. The van der Waals surface area contributed by atoms with E-state index in [-0.39, 0.29) is 17.8 Å². The van der Waals surface area contributed by atoms with Crippen molar-refractivity contribution in [2.24, 2.45) is 23.7 Å². The Kier molecular flexibility index (Phi) is 6.13. The van der Waals surface area contributed by atoms with Gasteiger partial charge in [0.15, 0.2) is 0 Å². The highest BCUT2D eigenvalue weighted by molar-refractivity contribution is 5.73. The summed E-state index contributed by atoms with van der Waals surface area (Å²) < 4.78 is 5.13. The molecule has 0 aromatic heterocycles. The molecule has 5 atom stereocenters. The molecule has 0 amide bonds. The molecule has 18 heavy (non-hydrogen) atoms. The summed E-state index contributed by atoms with van der Waals surface area (Å²) in [4.78, 5) is 11.3. The number of esters is 1. The molecular formula is C15H28O3. The molecule has 0 aromatic rings. The number of ether oxygens (including phenoxy) is 1. The van der Waals surface area contributed by atoms with Gasteiger partial charge in [0.05, 0.1) is 18.6 Å². The Hall–Kier alpha value is -0.570. The van der Waals surface area contributed by atoms with Crippen molar-refractivity contribution >= 4 is 5.97 Å². The third-order valence-corrected chi connectivity index (χ3v) is 4.10. The van der Waals surface area contributed by atoms with Crippen LogP contribution >= 0.6 is 0 Å². The number of aliphatic hydroxyl groups excluding tert-OH is 1. The molecule has 1 N–H and O–H groups in total. The van der Waals surface area contributed by atoms with Gasteiger partial charge in [-0.05, 0) is 31.6 Å². The summed E-state index contributed by atoms with van der Waals surface area (Å²) in [6.45, 7) is 8.88. The Labute approximate surface area is 111 Å². The molecule has 106 valence electrons. The fraction of sp³-hybridized carbons (Fsp3) is 0.933. The highest BCUT2D eigenvalue weighted by atomic mass is 16.5. The van der Waals surface area contributed by atoms with Crippen LogP contribution in [-0.2, 0) is 9.53 Å². The SMILES string of the molecule is CCC[C@H](C)C[C@H](C)CC1COC(=O)C(C)C1O. The van der Waals surface area contributed by atoms with Gasteiger partial charge in [0.2, 0.25) is 0 Å². The average molecular weight is 256 g/mol. The molecule has 0 aromatic carbocycles. The smallest absolute Gasteiger partial charge is 0.311 e. The van der Waals surface area contributed by atoms with Gasteiger partial charge in [0, 0.05) is 5.92 Å². The molecule has 0 aliphatic carbocycles. The lowest BCUT2D eigenvalue weighted by atomic mass is 9.81. The summed E-state index contributed by atoms with van der Waals surface area (Å²) in [5.41, 5.74) is 0. The molecule has 1 aliphatic rings. The molecule has 1 fully saturated rings. The second-order valence-electron chi connectivity index (χ2n) is 6.14. The summed E-state index contributed by atoms with van der Waals surface area (Å²) in [7, 11) is 0. The van der Waals surface area contributed by atoms with E-state index in [4.69, 9.17) is 4.74 Å². The zero-order chi connectivity index (χ0) is 13.7. The fourth-order valence-corrected chi connectivity index (χ4v) is 3.08. The molecule has 0 bridgehead atoms. The first kappa shape index (κ1) is 15.5. The highest BCUT2D eigenvalue weighted by Crippen LogP contribution is 2.29. The summed E-state index contributed by atoms with van der Waals surface area (Å²) in [5, 5.41) is 10.1. The van der Waals surface area contributed by atoms with Gasteiger partial charge < -0.3 is 9.84 Å². The molecule has 1 heterocycles. The van der Waals surface area contributed by atoms with Crippen molar-refractivity contribution in [3.63, 3.8) is 0 Å². The summed E-state index contributed by atoms with van der Waals surface area (Å²) >= 11 is 0. The quantitative estimate of drug-likeness (QED) is 0.743. The largest absolute Gasteiger partial charge is 0.465 e. The molecule has 3 heteroatoms. The Morgan fingerprint density at radius 1 is 1.39 bits per heavy atom. The number of hydrogen-bond acceptors (Lipinski definition) is 3. The Bertz CT molecular complexity index is 264. The van der Waals surface area contributed by atoms with E-state index in [1.807, 2.05) is 0 Å². The van der Waals surface area contributed by atoms with E-state index in [1.165, 1.54) is 19.3 Å². The topological polar surface area (TPSA) is 46.5 Å². The number of aliphatic hydroxyl groups is 1. The first-order valence-electron chi connectivity index (χ1n) is 7.30. The first-order chi connectivity index (χ1) is 8.45. The molecule has 3 nitrogen and oxygen atoms in total. The minimum atomic E-state index is -0.532. The van der Waals surface area contributed by atoms with Crippen LogP contribution in [0.2, 0.25) is 0 Å². The maximum atomic E-state index is 11.3. The van der Waals surface area contributed by atoms with Crippen molar-refractivity contribution in [3.05, 3.63) is 0 Å². The van der Waals surface area contributed by atoms with Crippen LogP contribution in [0.15, 0.2) is 0 Å². The fourth-order valence-electron chi connectivity index (χ4n) is 3.08. The second kappa shape index (κ2) is 7.13. The monoisotopic (exact) mass is 256 g/mol. The predicted octanol–water partition coefficient (Wildman–Crippen LogP) is 3.01. The Morgan fingerprint density at radius 3 is 2.67 bits per heavy atom. The van der Waals surface area contributed by atoms with Gasteiger partial charge in [-0.25, -0.2) is 0 Å². The zero-order valence-corrected chi connectivity index (χ0v) is 12.2. The molecule has 1 saturated heterocycles. The van der Waals surface area contributed by atoms with Gasteiger partial charge in [0.1, 0.15) is 0 Å². The van der Waals surface area contributed by atoms with E-state index in [2.05, 4.69) is 20.8 Å². The van der Waals surface area contributed by atoms with Gasteiger partial charge in [0.25, 0.3) is 0 Å². The molecule has 1 rings (SSSR count). The van der Waals surface area contributed by atoms with Gasteiger partial charge in [-0.2, -0.15) is 0 Å². The maximum Gasteiger partial charge on any atom is 0.311 e. The number of carbonyl (C=O) groups excluding carboxylic acids is 1. The van der Waals surface area contributed by atoms with Crippen LogP contribution in [0.3, 0.4) is 0 Å². The van der Waals surface area contributed by atoms with Crippen molar-refractivity contribution in [2.75, 3.05) is 6.61 Å². The molecule has 0 radical (unpaired) electrons. The lowest BCUT2D eigenvalue weighted by molar-refractivity contribution is -0.166. The van der Waals surface area contributed by atoms with Gasteiger partial charge >= 0.3 is 5.97 Å². The maximum absolute atomic E-state index is 11.3. The van der Waals surface area contributed by atoms with E-state index in [0.717, 1.165) is 12.3 Å². The van der Waals surface area contributed by atoms with Gasteiger partial charge in [-0.1, -0.05) is 33.6 Å². The molecule has 0 spiro atoms. The number of hydrogen-bond donors (Lipinski definition) is 1. The summed E-state index contributed by atoms with van der Waals surface area (Å²) in [5.74, 6) is 0.803. The second-order valence-corrected chi connectivity index (χ2v) is 6.14. The van der Waals surface area contributed by atoms with E-state index < -0.39 is 6.10 Å². The normalized spacial score (nSPS) is 31.8. The van der Waals surface area contributed by atoms with Crippen LogP contribution < -0.4 is 0 Å². The van der Waals surface area contributed by atoms with E-state index in [0.29, 0.717) is 12.5 Å². The summed E-state index contributed by atoms with van der Waals surface area (Å²) in [6.07, 6.45) is 4.11. The van der Waals surface area contributed by atoms with E-state index in [9.17, 15) is 9.90 Å². The standard InChI is InChI=1S/C15H28O3/c1-5-6-10(2)7-11(3)8-13-9-18-15(17)12(4)14(13)16/h10-14,16H,5-9H2,1-4H3/t10-,11-,12?,13?,14?/m0/s1. The molecule has 1 aliphatic heterocycles. The Morgan fingerprint density at radius 2 is 2.06 bits per heavy atom. The minimum Gasteiger partial charge on any atom is -0.465 e. The first-order valence-corrected chi connectivity index (χ1v) is 7.30. The minimum absolute atomic E-state index is 0.113. The Balaban J connectivity index is 2.39. The van der Waals surface area contributed by atoms with Gasteiger partial charge in [-0.15, -0.1) is 0 Å². The van der Waals surface area contributed by atoms with Crippen molar-refractivity contribution in [2.45, 2.75) is 59.5 Å². The van der Waals surface area contributed by atoms with Gasteiger partial charge in [-0.3, -0.25) is 4.79 Å². The molecule has 0 saturated carbocycles. The number of cyclic esters (lactones) is 1. The molecular weight excluding hydrogens is 228 g/mol. The van der Waals surface area contributed by atoms with Crippen molar-refractivity contribution in [3.8, 4) is 0 Å². The zero-order valence-electron chi connectivity index (χ0n) is 12.2. The van der Waals surface area contributed by atoms with Crippen LogP contribution in [0.1, 0.15) is 53.4 Å². The average Bonchev–Trinajstić information content (AvgIpc) is 2.30. The van der Waals surface area contributed by atoms with Crippen molar-refractivity contribution < 1.29 is 14.6 Å². The van der Waals surface area contributed by atoms with E-state index >= 15 is 0 Å². The predicted molar refractivity (Wildman–Crippen MR) is 72.1 cm³/mol. The van der Waals surface area contributed by atoms with Crippen LogP contribution in [0.4, 0.5) is 0 Å². The van der Waals surface area contributed by atoms with Crippen LogP contribution in [0.25, 0.3) is 0 Å². The third-order valence-electron chi connectivity index (χ3n) is 4.10. The van der Waals surface area contributed by atoms with Crippen molar-refractivity contribution in [1.82, 2.24) is 0 Å². The van der Waals surface area contributed by atoms with Crippen molar-refractivity contribution in [1.29, 1.82) is 0 Å². The van der Waals surface area contributed by atoms with Crippen LogP contribution in [0.5, 0.6) is 0 Å². The third kappa shape index (κ3) is 4.27. The van der Waals surface area contributed by atoms with Crippen LogP contribution in [-0.4, -0.2) is 23.8 Å². The molecule has 3 unspecified atom stereocenters. The number of rotatable bonds is 6. The number of carbonyl (C=O) groups is 1. The lowest BCUT2D eigenvalue weighted by Crippen LogP contribution is -2.42. The van der Waals surface area contributed by atoms with E-state index in [1.54, 1.807) is 6.92 Å².